The van der Waals surface area contributed by atoms with Crippen molar-refractivity contribution in [2.24, 2.45) is 7.05 Å². The molecule has 2 amide bonds. The van der Waals surface area contributed by atoms with Crippen LogP contribution in [0.3, 0.4) is 0 Å². The smallest absolute Gasteiger partial charge is 0.395 e. The molecular weight excluding hydrogens is 466 g/mol. The van der Waals surface area contributed by atoms with E-state index in [-0.39, 0.29) is 17.5 Å². The summed E-state index contributed by atoms with van der Waals surface area (Å²) in [7, 11) is 1.92. The Morgan fingerprint density at radius 2 is 1.83 bits per heavy atom. The third-order valence-electron chi connectivity index (χ3n) is 6.66. The van der Waals surface area contributed by atoms with Crippen LogP contribution in [0.2, 0.25) is 0 Å². The van der Waals surface area contributed by atoms with Crippen LogP contribution in [0.5, 0.6) is 11.5 Å². The zero-order valence-corrected chi connectivity index (χ0v) is 20.0. The van der Waals surface area contributed by atoms with E-state index in [1.54, 1.807) is 11.0 Å². The number of alkyl halides is 2. The van der Waals surface area contributed by atoms with E-state index in [1.165, 1.54) is 12.1 Å². The number of carbonyl (C=O) groups is 1. The van der Waals surface area contributed by atoms with Crippen LogP contribution in [0.15, 0.2) is 54.7 Å². The van der Waals surface area contributed by atoms with Gasteiger partial charge in [0.25, 0.3) is 0 Å². The number of aromatic nitrogens is 2. The Labute approximate surface area is 206 Å². The number of ether oxygens (including phenoxy) is 2. The van der Waals surface area contributed by atoms with Gasteiger partial charge in [-0.05, 0) is 78.9 Å². The molecule has 36 heavy (non-hydrogen) atoms. The highest BCUT2D eigenvalue weighted by Gasteiger charge is 2.44. The second kappa shape index (κ2) is 7.94. The first-order valence-corrected chi connectivity index (χ1v) is 11.7. The first-order valence-electron chi connectivity index (χ1n) is 11.7. The first-order chi connectivity index (χ1) is 17.2. The molecule has 4 heterocycles. The van der Waals surface area contributed by atoms with Gasteiger partial charge >= 0.3 is 12.3 Å². The first kappa shape index (κ1) is 22.3. The van der Waals surface area contributed by atoms with E-state index in [0.717, 1.165) is 33.8 Å². The number of fused-ring (bicyclic) bond motifs is 4. The molecular formula is C27H24F2N4O3. The fourth-order valence-corrected chi connectivity index (χ4v) is 5.23. The SMILES string of the molecule is Cc1cc(C)cc(NC(=O)N2CCc3c4cccn(C)c-4nc3C2c2ccc3c(c2)OC(F)(F)O3)c1. The number of carbonyl (C=O) groups excluding carboxylic acids is 1. The van der Waals surface area contributed by atoms with Gasteiger partial charge in [-0.15, -0.1) is 8.78 Å². The van der Waals surface area contributed by atoms with Gasteiger partial charge in [0.1, 0.15) is 11.9 Å². The van der Waals surface area contributed by atoms with Crippen molar-refractivity contribution >= 4 is 11.7 Å². The molecule has 0 saturated heterocycles. The van der Waals surface area contributed by atoms with Crippen molar-refractivity contribution in [1.82, 2.24) is 14.5 Å². The summed E-state index contributed by atoms with van der Waals surface area (Å²) in [5.74, 6) is 0.690. The molecule has 1 atom stereocenters. The van der Waals surface area contributed by atoms with Crippen molar-refractivity contribution in [2.45, 2.75) is 32.6 Å². The molecule has 0 bridgehead atoms. The van der Waals surface area contributed by atoms with Gasteiger partial charge in [-0.25, -0.2) is 9.78 Å². The zero-order chi connectivity index (χ0) is 25.2. The molecule has 9 heteroatoms. The molecule has 1 unspecified atom stereocenters. The third-order valence-corrected chi connectivity index (χ3v) is 6.66. The predicted molar refractivity (Wildman–Crippen MR) is 130 cm³/mol. The Bertz CT molecular complexity index is 1460. The number of hydrogen-bond acceptors (Lipinski definition) is 4. The predicted octanol–water partition coefficient (Wildman–Crippen LogP) is 5.64. The van der Waals surface area contributed by atoms with Crippen LogP contribution in [0.25, 0.3) is 11.4 Å². The quantitative estimate of drug-likeness (QED) is 0.395. The monoisotopic (exact) mass is 490 g/mol. The second-order valence-corrected chi connectivity index (χ2v) is 9.36. The number of nitrogens with zero attached hydrogens (tertiary/aromatic N) is 3. The van der Waals surface area contributed by atoms with Crippen molar-refractivity contribution in [2.75, 3.05) is 11.9 Å². The van der Waals surface area contributed by atoms with E-state index in [1.807, 2.05) is 62.0 Å². The number of aryl methyl sites for hydroxylation is 3. The molecule has 2 aromatic carbocycles. The number of rotatable bonds is 2. The number of halogens is 2. The Hall–Kier alpha value is -4.14. The molecule has 1 N–H and O–H groups in total. The summed E-state index contributed by atoms with van der Waals surface area (Å²) >= 11 is 0. The van der Waals surface area contributed by atoms with E-state index in [0.29, 0.717) is 24.2 Å². The molecule has 4 aliphatic heterocycles. The van der Waals surface area contributed by atoms with Gasteiger partial charge in [-0.3, -0.25) is 0 Å². The Morgan fingerprint density at radius 1 is 1.08 bits per heavy atom. The molecule has 0 aromatic heterocycles. The van der Waals surface area contributed by atoms with E-state index >= 15 is 0 Å². The van der Waals surface area contributed by atoms with E-state index in [9.17, 15) is 13.6 Å². The maximum absolute atomic E-state index is 13.7. The lowest BCUT2D eigenvalue weighted by atomic mass is 9.92. The van der Waals surface area contributed by atoms with E-state index in [2.05, 4.69) is 10.1 Å². The third kappa shape index (κ3) is 3.71. The minimum atomic E-state index is -3.72. The van der Waals surface area contributed by atoms with Crippen molar-refractivity contribution in [3.8, 4) is 22.9 Å². The highest BCUT2D eigenvalue weighted by molar-refractivity contribution is 5.90. The largest absolute Gasteiger partial charge is 0.586 e. The fourth-order valence-electron chi connectivity index (χ4n) is 5.23. The van der Waals surface area contributed by atoms with Crippen LogP contribution in [0, 0.1) is 13.8 Å². The number of hydrogen-bond donors (Lipinski definition) is 1. The molecule has 6 rings (SSSR count). The molecule has 0 radical (unpaired) electrons. The second-order valence-electron chi connectivity index (χ2n) is 9.36. The maximum Gasteiger partial charge on any atom is 0.586 e. The summed E-state index contributed by atoms with van der Waals surface area (Å²) in [5, 5.41) is 3.01. The zero-order valence-electron chi connectivity index (χ0n) is 20.0. The van der Waals surface area contributed by atoms with Gasteiger partial charge in [0.15, 0.2) is 11.5 Å². The molecule has 0 saturated carbocycles. The normalized spacial score (nSPS) is 17.8. The Morgan fingerprint density at radius 3 is 2.61 bits per heavy atom. The molecule has 184 valence electrons. The summed E-state index contributed by atoms with van der Waals surface area (Å²) in [4.78, 5) is 20.2. The maximum atomic E-state index is 13.7. The standard InChI is InChI=1S/C27H24F2N4O3/c1-15-11-16(2)13-18(12-15)30-26(34)33-10-8-19-20-5-4-9-32(3)25(20)31-23(19)24(33)17-6-7-21-22(14-17)36-27(28,29)35-21/h4-7,9,11-14,24H,8,10H2,1-3H3,(H,30,34). The number of urea groups is 1. The summed E-state index contributed by atoms with van der Waals surface area (Å²) in [6.07, 6.45) is -1.18. The lowest BCUT2D eigenvalue weighted by Crippen LogP contribution is -2.43. The minimum Gasteiger partial charge on any atom is -0.395 e. The lowest BCUT2D eigenvalue weighted by Gasteiger charge is -2.35. The van der Waals surface area contributed by atoms with Crippen molar-refractivity contribution in [1.29, 1.82) is 0 Å². The topological polar surface area (TPSA) is 68.6 Å². The summed E-state index contributed by atoms with van der Waals surface area (Å²) < 4.78 is 38.6. The molecule has 0 fully saturated rings. The van der Waals surface area contributed by atoms with Crippen molar-refractivity contribution < 1.29 is 23.0 Å². The number of amides is 2. The Balaban J connectivity index is 1.45. The van der Waals surface area contributed by atoms with Gasteiger partial charge in [0.2, 0.25) is 0 Å². The van der Waals surface area contributed by atoms with Crippen LogP contribution in [0.1, 0.15) is 34.0 Å². The number of benzene rings is 2. The average Bonchev–Trinajstić information content (AvgIpc) is 3.33. The lowest BCUT2D eigenvalue weighted by molar-refractivity contribution is -0.286. The van der Waals surface area contributed by atoms with Crippen LogP contribution >= 0.6 is 0 Å². The van der Waals surface area contributed by atoms with Gasteiger partial charge in [-0.2, -0.15) is 0 Å². The van der Waals surface area contributed by atoms with E-state index < -0.39 is 12.3 Å². The molecule has 2 aromatic rings. The van der Waals surface area contributed by atoms with Crippen LogP contribution in [-0.4, -0.2) is 33.3 Å². The van der Waals surface area contributed by atoms with Crippen LogP contribution in [-0.2, 0) is 13.5 Å². The molecule has 4 aliphatic rings. The fraction of sp³-hybridized carbons (Fsp3) is 0.259. The van der Waals surface area contributed by atoms with E-state index in [4.69, 9.17) is 9.72 Å². The Kier molecular flexibility index (Phi) is 4.93. The summed E-state index contributed by atoms with van der Waals surface area (Å²) in [6.45, 7) is 4.37. The number of pyridine rings is 1. The average molecular weight is 491 g/mol. The van der Waals surface area contributed by atoms with Gasteiger partial charge < -0.3 is 24.3 Å². The van der Waals surface area contributed by atoms with Crippen LogP contribution in [0.4, 0.5) is 19.3 Å². The van der Waals surface area contributed by atoms with Gasteiger partial charge in [-0.1, -0.05) is 12.1 Å². The molecule has 0 spiro atoms. The van der Waals surface area contributed by atoms with Crippen LogP contribution < -0.4 is 14.8 Å². The van der Waals surface area contributed by atoms with Crippen molar-refractivity contribution in [3.63, 3.8) is 0 Å². The highest BCUT2D eigenvalue weighted by atomic mass is 19.3. The molecule has 7 nitrogen and oxygen atoms in total. The van der Waals surface area contributed by atoms with Gasteiger partial charge in [0, 0.05) is 31.0 Å². The molecule has 0 aliphatic carbocycles. The van der Waals surface area contributed by atoms with Gasteiger partial charge in [0.05, 0.1) is 5.69 Å². The number of anilines is 1. The number of nitrogens with one attached hydrogen (secondary N) is 1. The minimum absolute atomic E-state index is 0.0435. The summed E-state index contributed by atoms with van der Waals surface area (Å²) in [5.41, 5.74) is 6.16. The summed E-state index contributed by atoms with van der Waals surface area (Å²) in [6, 6.07) is 13.6. The highest BCUT2D eigenvalue weighted by Crippen LogP contribution is 2.46. The van der Waals surface area contributed by atoms with Crippen molar-refractivity contribution in [3.05, 3.63) is 82.7 Å².